The maximum Gasteiger partial charge on any atom is 0.339 e. The van der Waals surface area contributed by atoms with Gasteiger partial charge in [-0.15, -0.1) is 0 Å². The Labute approximate surface area is 207 Å². The molecule has 9 heteroatoms. The van der Waals surface area contributed by atoms with Gasteiger partial charge in [0.2, 0.25) is 11.8 Å². The number of ether oxygens (including phenoxy) is 1. The number of hydrogen-bond donors (Lipinski definition) is 1. The van der Waals surface area contributed by atoms with E-state index in [9.17, 15) is 18.0 Å². The van der Waals surface area contributed by atoms with E-state index in [4.69, 9.17) is 8.92 Å². The van der Waals surface area contributed by atoms with Gasteiger partial charge in [-0.05, 0) is 66.1 Å². The number of anilines is 1. The molecule has 0 atom stereocenters. The predicted octanol–water partition coefficient (Wildman–Crippen LogP) is 4.60. The van der Waals surface area contributed by atoms with Crippen LogP contribution in [0.2, 0.25) is 0 Å². The Morgan fingerprint density at radius 2 is 1.71 bits per heavy atom. The van der Waals surface area contributed by atoms with Crippen molar-refractivity contribution in [3.05, 3.63) is 48.0 Å². The summed E-state index contributed by atoms with van der Waals surface area (Å²) in [4.78, 5) is 26.0. The molecule has 0 bridgehead atoms. The van der Waals surface area contributed by atoms with Gasteiger partial charge in [0.05, 0.1) is 7.11 Å². The van der Waals surface area contributed by atoms with Crippen molar-refractivity contribution in [2.75, 3.05) is 19.0 Å². The van der Waals surface area contributed by atoms with Crippen LogP contribution in [0, 0.1) is 11.3 Å². The van der Waals surface area contributed by atoms with Gasteiger partial charge in [0.1, 0.15) is 4.90 Å². The van der Waals surface area contributed by atoms with Crippen molar-refractivity contribution in [1.29, 1.82) is 0 Å². The van der Waals surface area contributed by atoms with Crippen molar-refractivity contribution in [1.82, 2.24) is 4.90 Å². The normalized spacial score (nSPS) is 13.7. The van der Waals surface area contributed by atoms with Crippen molar-refractivity contribution in [3.63, 3.8) is 0 Å². The van der Waals surface area contributed by atoms with E-state index >= 15 is 0 Å². The molecule has 0 heterocycles. The summed E-state index contributed by atoms with van der Waals surface area (Å²) >= 11 is 0. The molecular weight excluding hydrogens is 468 g/mol. The van der Waals surface area contributed by atoms with Crippen LogP contribution in [-0.2, 0) is 26.3 Å². The minimum atomic E-state index is -4.16. The molecule has 0 spiro atoms. The molecule has 1 N–H and O–H groups in total. The third-order valence-corrected chi connectivity index (χ3v) is 6.72. The number of nitrogens with one attached hydrogen (secondary N) is 1. The number of methoxy groups -OCH3 is 1. The van der Waals surface area contributed by atoms with Crippen LogP contribution in [0.15, 0.2) is 47.4 Å². The third-order valence-electron chi connectivity index (χ3n) is 5.47. The molecule has 1 saturated carbocycles. The van der Waals surface area contributed by atoms with Gasteiger partial charge in [-0.3, -0.25) is 9.59 Å². The highest BCUT2D eigenvalue weighted by Gasteiger charge is 2.29. The molecule has 3 rings (SSSR count). The van der Waals surface area contributed by atoms with Gasteiger partial charge in [0.25, 0.3) is 0 Å². The van der Waals surface area contributed by atoms with Crippen LogP contribution in [0.5, 0.6) is 11.5 Å². The lowest BCUT2D eigenvalue weighted by Gasteiger charge is -2.27. The van der Waals surface area contributed by atoms with Crippen LogP contribution in [0.4, 0.5) is 5.69 Å². The highest BCUT2D eigenvalue weighted by atomic mass is 32.2. The molecule has 0 radical (unpaired) electrons. The second kappa shape index (κ2) is 10.7. The summed E-state index contributed by atoms with van der Waals surface area (Å²) in [5, 5.41) is 2.59. The summed E-state index contributed by atoms with van der Waals surface area (Å²) < 4.78 is 36.6. The zero-order valence-electron chi connectivity index (χ0n) is 21.0. The van der Waals surface area contributed by atoms with Crippen molar-refractivity contribution in [2.24, 2.45) is 11.3 Å². The fourth-order valence-electron chi connectivity index (χ4n) is 3.61. The topological polar surface area (TPSA) is 102 Å². The summed E-state index contributed by atoms with van der Waals surface area (Å²) in [6.45, 7) is 8.52. The van der Waals surface area contributed by atoms with E-state index < -0.39 is 10.1 Å². The van der Waals surface area contributed by atoms with Crippen LogP contribution in [0.1, 0.15) is 52.5 Å². The molecule has 0 saturated heterocycles. The van der Waals surface area contributed by atoms with E-state index in [1.54, 1.807) is 12.1 Å². The first kappa shape index (κ1) is 26.5. The van der Waals surface area contributed by atoms with Crippen LogP contribution >= 0.6 is 0 Å². The summed E-state index contributed by atoms with van der Waals surface area (Å²) in [6, 6.07) is 10.8. The molecule has 1 aliphatic carbocycles. The zero-order chi connectivity index (χ0) is 25.8. The summed E-state index contributed by atoms with van der Waals surface area (Å²) in [6.07, 6.45) is 2.67. The van der Waals surface area contributed by atoms with Gasteiger partial charge in [0, 0.05) is 32.1 Å². The van der Waals surface area contributed by atoms with Crippen LogP contribution in [0.3, 0.4) is 0 Å². The molecule has 190 valence electrons. The first-order valence-corrected chi connectivity index (χ1v) is 13.0. The van der Waals surface area contributed by atoms with E-state index in [0.29, 0.717) is 31.1 Å². The number of amides is 2. The lowest BCUT2D eigenvalue weighted by atomic mass is 9.91. The molecule has 1 aliphatic rings. The Morgan fingerprint density at radius 1 is 1.06 bits per heavy atom. The van der Waals surface area contributed by atoms with Crippen LogP contribution < -0.4 is 14.2 Å². The molecule has 8 nitrogen and oxygen atoms in total. The van der Waals surface area contributed by atoms with Gasteiger partial charge in [0.15, 0.2) is 11.5 Å². The summed E-state index contributed by atoms with van der Waals surface area (Å²) in [5.41, 5.74) is 1.10. The van der Waals surface area contributed by atoms with Gasteiger partial charge in [-0.2, -0.15) is 8.42 Å². The van der Waals surface area contributed by atoms with Gasteiger partial charge >= 0.3 is 10.1 Å². The highest BCUT2D eigenvalue weighted by Crippen LogP contribution is 2.34. The minimum Gasteiger partial charge on any atom is -0.493 e. The summed E-state index contributed by atoms with van der Waals surface area (Å²) in [7, 11) is -2.73. The number of hydrogen-bond acceptors (Lipinski definition) is 6. The molecular formula is C26H34N2O6S. The second-order valence-electron chi connectivity index (χ2n) is 10.2. The van der Waals surface area contributed by atoms with Crippen molar-refractivity contribution in [3.8, 4) is 11.5 Å². The number of benzene rings is 2. The van der Waals surface area contributed by atoms with Gasteiger partial charge in [-0.1, -0.05) is 26.8 Å². The molecule has 2 amide bonds. The number of carbonyl (C=O) groups is 2. The fourth-order valence-corrected chi connectivity index (χ4v) is 4.54. The van der Waals surface area contributed by atoms with Crippen molar-refractivity contribution in [2.45, 2.75) is 58.4 Å². The lowest BCUT2D eigenvalue weighted by molar-refractivity contribution is -0.134. The van der Waals surface area contributed by atoms with Crippen molar-refractivity contribution < 1.29 is 26.9 Å². The van der Waals surface area contributed by atoms with E-state index in [1.807, 2.05) is 31.7 Å². The molecule has 1 fully saturated rings. The van der Waals surface area contributed by atoms with E-state index in [0.717, 1.165) is 18.4 Å². The number of carbonyl (C=O) groups excluding carboxylic acids is 2. The molecule has 2 aromatic rings. The minimum absolute atomic E-state index is 0.0468. The fraction of sp³-hybridized carbons (Fsp3) is 0.462. The maximum atomic E-state index is 13.0. The average Bonchev–Trinajstić information content (AvgIpc) is 3.56. The molecule has 35 heavy (non-hydrogen) atoms. The summed E-state index contributed by atoms with van der Waals surface area (Å²) in [5.74, 6) is 0.658. The molecule has 2 aromatic carbocycles. The Bertz CT molecular complexity index is 1170. The van der Waals surface area contributed by atoms with Gasteiger partial charge in [-0.25, -0.2) is 0 Å². The van der Waals surface area contributed by atoms with Crippen LogP contribution in [0.25, 0.3) is 0 Å². The second-order valence-corrected chi connectivity index (χ2v) is 11.7. The third kappa shape index (κ3) is 7.99. The first-order valence-electron chi connectivity index (χ1n) is 11.6. The number of rotatable bonds is 10. The maximum absolute atomic E-state index is 13.0. The Hall–Kier alpha value is -3.07. The number of nitrogens with zero attached hydrogens (tertiary/aromatic N) is 1. The average molecular weight is 503 g/mol. The first-order chi connectivity index (χ1) is 16.4. The Balaban J connectivity index is 1.81. The van der Waals surface area contributed by atoms with Gasteiger partial charge < -0.3 is 19.1 Å². The largest absolute Gasteiger partial charge is 0.493 e. The lowest BCUT2D eigenvalue weighted by Crippen LogP contribution is -2.34. The Morgan fingerprint density at radius 3 is 2.26 bits per heavy atom. The van der Waals surface area contributed by atoms with Crippen molar-refractivity contribution >= 4 is 27.6 Å². The highest BCUT2D eigenvalue weighted by molar-refractivity contribution is 7.87. The molecule has 0 unspecified atom stereocenters. The standard InChI is InChI=1S/C26H34N2O6S/c1-18(29)27-21-9-11-22(12-10-21)35(31,32)34-24-14-20(8-13-23(24)33-5)17-28(16-19-6-7-19)25(30)15-26(2,3)4/h8-14,19H,6-7,15-17H2,1-5H3,(H,27,29). The zero-order valence-corrected chi connectivity index (χ0v) is 21.8. The Kier molecular flexibility index (Phi) is 8.10. The SMILES string of the molecule is COc1ccc(CN(CC2CC2)C(=O)CC(C)(C)C)cc1OS(=O)(=O)c1ccc(NC(C)=O)cc1. The van der Waals surface area contributed by atoms with E-state index in [-0.39, 0.29) is 33.6 Å². The molecule has 0 aliphatic heterocycles. The molecule has 0 aromatic heterocycles. The smallest absolute Gasteiger partial charge is 0.339 e. The van der Waals surface area contributed by atoms with E-state index in [2.05, 4.69) is 5.32 Å². The van der Waals surface area contributed by atoms with Crippen LogP contribution in [-0.4, -0.2) is 38.8 Å². The monoisotopic (exact) mass is 502 g/mol. The van der Waals surface area contributed by atoms with E-state index in [1.165, 1.54) is 38.3 Å². The quantitative estimate of drug-likeness (QED) is 0.477. The predicted molar refractivity (Wildman–Crippen MR) is 134 cm³/mol.